The van der Waals surface area contributed by atoms with Gasteiger partial charge in [-0.2, -0.15) is 0 Å². The van der Waals surface area contributed by atoms with E-state index in [0.29, 0.717) is 17.7 Å². The molecular formula is C16H13N2O4S2-. The van der Waals surface area contributed by atoms with E-state index in [4.69, 9.17) is 12.2 Å². The van der Waals surface area contributed by atoms with Crippen LogP contribution in [0.2, 0.25) is 0 Å². The number of aliphatic carboxylic acids is 1. The number of rotatable bonds is 4. The minimum absolute atomic E-state index is 0.0584. The molecule has 6 nitrogen and oxygen atoms in total. The van der Waals surface area contributed by atoms with E-state index in [-0.39, 0.29) is 28.1 Å². The predicted octanol–water partition coefficient (Wildman–Crippen LogP) is 0.764. The summed E-state index contributed by atoms with van der Waals surface area (Å²) in [6.45, 7) is 2.30. The highest BCUT2D eigenvalue weighted by Gasteiger charge is 2.41. The Morgan fingerprint density at radius 1 is 1.21 bits per heavy atom. The van der Waals surface area contributed by atoms with Crippen LogP contribution in [-0.4, -0.2) is 40.1 Å². The number of nitrogens with zero attached hydrogens (tertiary/aromatic N) is 2. The van der Waals surface area contributed by atoms with Gasteiger partial charge < -0.3 is 14.8 Å². The van der Waals surface area contributed by atoms with E-state index in [1.165, 1.54) is 4.90 Å². The number of amides is 2. The van der Waals surface area contributed by atoms with Crippen molar-refractivity contribution >= 4 is 57.3 Å². The van der Waals surface area contributed by atoms with Gasteiger partial charge in [0.25, 0.3) is 11.8 Å². The second-order valence-electron chi connectivity index (χ2n) is 5.22. The largest absolute Gasteiger partial charge is 0.550 e. The summed E-state index contributed by atoms with van der Waals surface area (Å²) in [5, 5.41) is 10.6. The van der Waals surface area contributed by atoms with Gasteiger partial charge in [-0.3, -0.25) is 14.5 Å². The van der Waals surface area contributed by atoms with Crippen LogP contribution in [0.25, 0.3) is 5.57 Å². The van der Waals surface area contributed by atoms with Crippen molar-refractivity contribution in [2.45, 2.75) is 13.3 Å². The molecular weight excluding hydrogens is 348 g/mol. The van der Waals surface area contributed by atoms with Crippen molar-refractivity contribution in [3.63, 3.8) is 0 Å². The van der Waals surface area contributed by atoms with Crippen LogP contribution in [0.5, 0.6) is 0 Å². The van der Waals surface area contributed by atoms with Crippen LogP contribution >= 0.6 is 24.0 Å². The molecule has 0 saturated carbocycles. The second-order valence-corrected chi connectivity index (χ2v) is 6.86. The van der Waals surface area contributed by atoms with Crippen LogP contribution in [-0.2, 0) is 14.4 Å². The van der Waals surface area contributed by atoms with Crippen LogP contribution < -0.4 is 10.0 Å². The number of carbonyl (C=O) groups excluding carboxylic acids is 3. The summed E-state index contributed by atoms with van der Waals surface area (Å²) >= 11 is 6.21. The molecule has 0 radical (unpaired) electrons. The maximum absolute atomic E-state index is 12.7. The standard InChI is InChI=1S/C16H14N2O4S2/c1-2-17-10-6-4-3-5-9(10)12(14(17)21)13-15(22)18(16(23)24-13)8-7-11(19)20/h3-6H,2,7-8H2,1H3,(H,19,20)/p-1/b13-12-. The number of thioether (sulfide) groups is 1. The maximum Gasteiger partial charge on any atom is 0.267 e. The zero-order chi connectivity index (χ0) is 17.4. The zero-order valence-corrected chi connectivity index (χ0v) is 14.4. The lowest BCUT2D eigenvalue weighted by molar-refractivity contribution is -0.305. The molecule has 2 aliphatic heterocycles. The number of carboxylic acid groups (broad SMARTS) is 1. The Kier molecular flexibility index (Phi) is 4.42. The van der Waals surface area contributed by atoms with Gasteiger partial charge in [0.05, 0.1) is 16.2 Å². The van der Waals surface area contributed by atoms with Gasteiger partial charge in [-0.25, -0.2) is 0 Å². The van der Waals surface area contributed by atoms with E-state index in [9.17, 15) is 19.5 Å². The Bertz CT molecular complexity index is 803. The van der Waals surface area contributed by atoms with E-state index in [0.717, 1.165) is 17.4 Å². The van der Waals surface area contributed by atoms with Crippen molar-refractivity contribution < 1.29 is 19.5 Å². The van der Waals surface area contributed by atoms with Crippen molar-refractivity contribution in [2.24, 2.45) is 0 Å². The molecule has 0 unspecified atom stereocenters. The third-order valence-electron chi connectivity index (χ3n) is 3.86. The van der Waals surface area contributed by atoms with Crippen molar-refractivity contribution in [3.8, 4) is 0 Å². The minimum atomic E-state index is -1.25. The van der Waals surface area contributed by atoms with Crippen LogP contribution in [0.15, 0.2) is 29.2 Å². The first kappa shape index (κ1) is 16.7. The average Bonchev–Trinajstić information content (AvgIpc) is 2.98. The van der Waals surface area contributed by atoms with Gasteiger partial charge in [-0.05, 0) is 13.0 Å². The Hall–Kier alpha value is -2.19. The second kappa shape index (κ2) is 6.37. The number of hydrogen-bond donors (Lipinski definition) is 0. The molecule has 0 aromatic heterocycles. The topological polar surface area (TPSA) is 80.8 Å². The number of anilines is 1. The number of benzene rings is 1. The van der Waals surface area contributed by atoms with Crippen molar-refractivity contribution in [1.82, 2.24) is 4.90 Å². The fourth-order valence-corrected chi connectivity index (χ4v) is 4.14. The molecule has 0 atom stereocenters. The van der Waals surface area contributed by atoms with E-state index in [1.54, 1.807) is 11.0 Å². The molecule has 1 aromatic carbocycles. The molecule has 2 aliphatic rings. The lowest BCUT2D eigenvalue weighted by Gasteiger charge is -2.14. The quantitative estimate of drug-likeness (QED) is 0.582. The van der Waals surface area contributed by atoms with Gasteiger partial charge >= 0.3 is 0 Å². The van der Waals surface area contributed by atoms with E-state index >= 15 is 0 Å². The van der Waals surface area contributed by atoms with E-state index < -0.39 is 11.9 Å². The summed E-state index contributed by atoms with van der Waals surface area (Å²) in [5.41, 5.74) is 1.80. The molecule has 0 aliphatic carbocycles. The average molecular weight is 361 g/mol. The van der Waals surface area contributed by atoms with Gasteiger partial charge in [-0.1, -0.05) is 42.2 Å². The van der Waals surface area contributed by atoms with Crippen LogP contribution in [0.3, 0.4) is 0 Å². The summed E-state index contributed by atoms with van der Waals surface area (Å²) in [5.74, 6) is -1.92. The van der Waals surface area contributed by atoms with E-state index in [2.05, 4.69) is 0 Å². The highest BCUT2D eigenvalue weighted by molar-refractivity contribution is 8.26. The van der Waals surface area contributed by atoms with Crippen molar-refractivity contribution in [2.75, 3.05) is 18.0 Å². The highest BCUT2D eigenvalue weighted by Crippen LogP contribution is 2.44. The molecule has 0 bridgehead atoms. The van der Waals surface area contributed by atoms with Crippen molar-refractivity contribution in [1.29, 1.82) is 0 Å². The first-order valence-electron chi connectivity index (χ1n) is 7.34. The fraction of sp³-hybridized carbons (Fsp3) is 0.250. The number of thiocarbonyl (C=S) groups is 1. The third-order valence-corrected chi connectivity index (χ3v) is 5.30. The number of para-hydroxylation sites is 1. The van der Waals surface area contributed by atoms with Crippen LogP contribution in [0.1, 0.15) is 18.9 Å². The minimum Gasteiger partial charge on any atom is -0.550 e. The van der Waals surface area contributed by atoms with Crippen LogP contribution in [0, 0.1) is 0 Å². The number of fused-ring (bicyclic) bond motifs is 1. The Balaban J connectivity index is 2.04. The van der Waals surface area contributed by atoms with Gasteiger partial charge in [0, 0.05) is 31.0 Å². The summed E-state index contributed by atoms with van der Waals surface area (Å²) in [7, 11) is 0. The zero-order valence-electron chi connectivity index (χ0n) is 12.8. The van der Waals surface area contributed by atoms with Crippen LogP contribution in [0.4, 0.5) is 5.69 Å². The highest BCUT2D eigenvalue weighted by atomic mass is 32.2. The molecule has 1 saturated heterocycles. The predicted molar refractivity (Wildman–Crippen MR) is 92.9 cm³/mol. The van der Waals surface area contributed by atoms with Gasteiger partial charge in [0.15, 0.2) is 0 Å². The molecule has 3 rings (SSSR count). The first-order chi connectivity index (χ1) is 11.5. The number of likely N-dealkylation sites (N-methyl/N-ethyl adjacent to an activating group) is 1. The summed E-state index contributed by atoms with van der Waals surface area (Å²) in [4.78, 5) is 39.1. The fourth-order valence-electron chi connectivity index (χ4n) is 2.76. The smallest absolute Gasteiger partial charge is 0.267 e. The Labute approximate surface area is 148 Å². The molecule has 0 spiro atoms. The molecule has 2 heterocycles. The monoisotopic (exact) mass is 361 g/mol. The van der Waals surface area contributed by atoms with Gasteiger partial charge in [0.2, 0.25) is 0 Å². The summed E-state index contributed by atoms with van der Waals surface area (Å²) < 4.78 is 0.254. The van der Waals surface area contributed by atoms with Crippen molar-refractivity contribution in [3.05, 3.63) is 34.7 Å². The molecule has 24 heavy (non-hydrogen) atoms. The molecule has 124 valence electrons. The normalized spacial score (nSPS) is 20.1. The van der Waals surface area contributed by atoms with Gasteiger partial charge in [-0.15, -0.1) is 0 Å². The lowest BCUT2D eigenvalue weighted by Crippen LogP contribution is -2.34. The lowest BCUT2D eigenvalue weighted by atomic mass is 10.1. The number of carbonyl (C=O) groups is 3. The van der Waals surface area contributed by atoms with Gasteiger partial charge in [0.1, 0.15) is 4.32 Å². The summed E-state index contributed by atoms with van der Waals surface area (Å²) in [6.07, 6.45) is -0.305. The maximum atomic E-state index is 12.7. The molecule has 2 amide bonds. The SMILES string of the molecule is CCN1C(=O)/C(=C2\SC(=S)N(CCC(=O)[O-])C2=O)c2ccccc21. The first-order valence-corrected chi connectivity index (χ1v) is 8.57. The molecule has 1 aromatic rings. The summed E-state index contributed by atoms with van der Waals surface area (Å²) in [6, 6.07) is 7.28. The third kappa shape index (κ3) is 2.61. The molecule has 8 heteroatoms. The molecule has 1 fully saturated rings. The Morgan fingerprint density at radius 2 is 1.92 bits per heavy atom. The molecule has 0 N–H and O–H groups in total. The number of carboxylic acids is 1. The Morgan fingerprint density at radius 3 is 2.58 bits per heavy atom. The van der Waals surface area contributed by atoms with E-state index in [1.807, 2.05) is 25.1 Å². The number of hydrogen-bond acceptors (Lipinski definition) is 6.